The first-order valence-corrected chi connectivity index (χ1v) is 5.68. The topological polar surface area (TPSA) is 95.1 Å². The summed E-state index contributed by atoms with van der Waals surface area (Å²) in [6.07, 6.45) is 1.44. The van der Waals surface area contributed by atoms with E-state index in [2.05, 4.69) is 5.32 Å². The molecule has 0 bridgehead atoms. The van der Waals surface area contributed by atoms with Gasteiger partial charge in [-0.3, -0.25) is 4.79 Å². The molecule has 0 heterocycles. The summed E-state index contributed by atoms with van der Waals surface area (Å²) in [6, 6.07) is 8.57. The zero-order valence-electron chi connectivity index (χ0n) is 11.1. The molecular weight excluding hydrogens is 258 g/mol. The highest BCUT2D eigenvalue weighted by molar-refractivity contribution is 6.01. The lowest BCUT2D eigenvalue weighted by molar-refractivity contribution is -0.116. The number of likely N-dealkylation sites (N-methyl/N-ethyl adjacent to an activating group) is 1. The van der Waals surface area contributed by atoms with Gasteiger partial charge in [0.2, 0.25) is 0 Å². The van der Waals surface area contributed by atoms with Gasteiger partial charge >= 0.3 is 0 Å². The van der Waals surface area contributed by atoms with Gasteiger partial charge < -0.3 is 14.8 Å². The largest absolute Gasteiger partial charge is 0.493 e. The number of hydrogen-bond acceptors (Lipinski definition) is 5. The van der Waals surface area contributed by atoms with Crippen LogP contribution in [0, 0.1) is 22.7 Å². The van der Waals surface area contributed by atoms with Crippen molar-refractivity contribution in [1.82, 2.24) is 5.32 Å². The van der Waals surface area contributed by atoms with Gasteiger partial charge in [0.05, 0.1) is 7.11 Å². The van der Waals surface area contributed by atoms with Crippen molar-refractivity contribution in [3.05, 3.63) is 29.3 Å². The molecular formula is C14H13N3O3. The zero-order valence-corrected chi connectivity index (χ0v) is 11.1. The number of nitrogens with one attached hydrogen (secondary N) is 1. The van der Waals surface area contributed by atoms with Gasteiger partial charge in [-0.05, 0) is 23.8 Å². The fourth-order valence-electron chi connectivity index (χ4n) is 1.45. The summed E-state index contributed by atoms with van der Waals surface area (Å²) in [7, 11) is 2.92. The van der Waals surface area contributed by atoms with Crippen LogP contribution in [0.4, 0.5) is 0 Å². The number of carbonyl (C=O) groups is 1. The molecule has 0 unspecified atom stereocenters. The van der Waals surface area contributed by atoms with Gasteiger partial charge in [-0.15, -0.1) is 0 Å². The zero-order chi connectivity index (χ0) is 15.0. The van der Waals surface area contributed by atoms with Gasteiger partial charge in [0.1, 0.15) is 17.7 Å². The molecule has 1 N–H and O–H groups in total. The van der Waals surface area contributed by atoms with E-state index in [9.17, 15) is 4.79 Å². The molecule has 20 heavy (non-hydrogen) atoms. The Balaban J connectivity index is 3.10. The van der Waals surface area contributed by atoms with E-state index in [1.54, 1.807) is 18.2 Å². The van der Waals surface area contributed by atoms with Crippen molar-refractivity contribution in [2.45, 2.75) is 0 Å². The van der Waals surface area contributed by atoms with Gasteiger partial charge in [0.25, 0.3) is 5.91 Å². The van der Waals surface area contributed by atoms with E-state index < -0.39 is 5.91 Å². The van der Waals surface area contributed by atoms with Crippen LogP contribution < -0.4 is 14.8 Å². The van der Waals surface area contributed by atoms with Crippen LogP contribution in [0.3, 0.4) is 0 Å². The second kappa shape index (κ2) is 7.45. The van der Waals surface area contributed by atoms with Crippen LogP contribution in [-0.2, 0) is 4.79 Å². The first-order valence-electron chi connectivity index (χ1n) is 5.68. The molecule has 0 saturated carbocycles. The number of hydrogen-bond donors (Lipinski definition) is 1. The third-order valence-electron chi connectivity index (χ3n) is 2.38. The Kier molecular flexibility index (Phi) is 5.61. The number of amides is 1. The number of ether oxygens (including phenoxy) is 2. The summed E-state index contributed by atoms with van der Waals surface area (Å²) in [6.45, 7) is -0.0900. The summed E-state index contributed by atoms with van der Waals surface area (Å²) in [5.74, 6) is 0.379. The molecule has 0 aromatic heterocycles. The molecule has 0 atom stereocenters. The lowest BCUT2D eigenvalue weighted by Gasteiger charge is -2.09. The third kappa shape index (κ3) is 3.76. The standard InChI is InChI=1S/C14H13N3O3/c1-17-14(18)11(9-16)7-10-3-4-12(20-6-5-15)13(8-10)19-2/h3-4,7-8H,6H2,1-2H3,(H,17,18)/b11-7+. The monoisotopic (exact) mass is 271 g/mol. The number of benzene rings is 1. The summed E-state index contributed by atoms with van der Waals surface area (Å²) < 4.78 is 10.3. The Morgan fingerprint density at radius 3 is 2.70 bits per heavy atom. The Bertz CT molecular complexity index is 609. The highest BCUT2D eigenvalue weighted by atomic mass is 16.5. The number of nitriles is 2. The predicted octanol–water partition coefficient (Wildman–Crippen LogP) is 1.25. The van der Waals surface area contributed by atoms with Crippen molar-refractivity contribution < 1.29 is 14.3 Å². The van der Waals surface area contributed by atoms with E-state index >= 15 is 0 Å². The molecule has 0 fully saturated rings. The second-order valence-corrected chi connectivity index (χ2v) is 3.61. The second-order valence-electron chi connectivity index (χ2n) is 3.61. The molecule has 1 rings (SSSR count). The highest BCUT2D eigenvalue weighted by Crippen LogP contribution is 2.28. The fraction of sp³-hybridized carbons (Fsp3) is 0.214. The Hall–Kier alpha value is -2.99. The fourth-order valence-corrected chi connectivity index (χ4v) is 1.45. The smallest absolute Gasteiger partial charge is 0.261 e. The average Bonchev–Trinajstić information content (AvgIpc) is 2.50. The van der Waals surface area contributed by atoms with Gasteiger partial charge in [-0.25, -0.2) is 0 Å². The van der Waals surface area contributed by atoms with Gasteiger partial charge in [0.15, 0.2) is 18.1 Å². The summed E-state index contributed by atoms with van der Waals surface area (Å²) in [4.78, 5) is 11.4. The maximum absolute atomic E-state index is 11.4. The summed E-state index contributed by atoms with van der Waals surface area (Å²) >= 11 is 0. The maximum Gasteiger partial charge on any atom is 0.261 e. The van der Waals surface area contributed by atoms with Crippen molar-refractivity contribution in [3.63, 3.8) is 0 Å². The van der Waals surface area contributed by atoms with Gasteiger partial charge in [0, 0.05) is 7.05 Å². The van der Waals surface area contributed by atoms with Crippen molar-refractivity contribution in [2.75, 3.05) is 20.8 Å². The maximum atomic E-state index is 11.4. The Morgan fingerprint density at radius 2 is 2.15 bits per heavy atom. The van der Waals surface area contributed by atoms with E-state index in [0.29, 0.717) is 17.1 Å². The number of carbonyl (C=O) groups excluding carboxylic acids is 1. The van der Waals surface area contributed by atoms with Crippen LogP contribution in [0.5, 0.6) is 11.5 Å². The average molecular weight is 271 g/mol. The van der Waals surface area contributed by atoms with E-state index in [4.69, 9.17) is 20.0 Å². The molecule has 1 aromatic rings. The van der Waals surface area contributed by atoms with E-state index in [1.807, 2.05) is 12.1 Å². The quantitative estimate of drug-likeness (QED) is 0.642. The lowest BCUT2D eigenvalue weighted by atomic mass is 10.1. The minimum atomic E-state index is -0.462. The van der Waals surface area contributed by atoms with Crippen molar-refractivity contribution in [2.24, 2.45) is 0 Å². The Morgan fingerprint density at radius 1 is 1.40 bits per heavy atom. The van der Waals surface area contributed by atoms with Crippen molar-refractivity contribution in [3.8, 4) is 23.6 Å². The van der Waals surface area contributed by atoms with Gasteiger partial charge in [-0.2, -0.15) is 10.5 Å². The molecule has 0 aliphatic heterocycles. The number of methoxy groups -OCH3 is 1. The molecule has 6 nitrogen and oxygen atoms in total. The van der Waals surface area contributed by atoms with Crippen LogP contribution >= 0.6 is 0 Å². The first-order chi connectivity index (χ1) is 9.65. The van der Waals surface area contributed by atoms with Crippen LogP contribution in [0.1, 0.15) is 5.56 Å². The van der Waals surface area contributed by atoms with E-state index in [-0.39, 0.29) is 12.2 Å². The minimum Gasteiger partial charge on any atom is -0.493 e. The van der Waals surface area contributed by atoms with Crippen molar-refractivity contribution in [1.29, 1.82) is 10.5 Å². The van der Waals surface area contributed by atoms with Crippen LogP contribution in [0.2, 0.25) is 0 Å². The molecule has 0 radical (unpaired) electrons. The van der Waals surface area contributed by atoms with Gasteiger partial charge in [-0.1, -0.05) is 6.07 Å². The molecule has 0 spiro atoms. The third-order valence-corrected chi connectivity index (χ3v) is 2.38. The molecule has 1 aromatic carbocycles. The Labute approximate surface area is 116 Å². The van der Waals surface area contributed by atoms with Crippen LogP contribution in [0.15, 0.2) is 23.8 Å². The molecule has 1 amide bonds. The number of nitrogens with zero attached hydrogens (tertiary/aromatic N) is 2. The predicted molar refractivity (Wildman–Crippen MR) is 71.8 cm³/mol. The molecule has 0 aliphatic rings. The molecule has 6 heteroatoms. The number of rotatable bonds is 5. The normalized spacial score (nSPS) is 10.1. The molecule has 0 saturated heterocycles. The summed E-state index contributed by atoms with van der Waals surface area (Å²) in [5, 5.41) is 19.8. The first kappa shape index (κ1) is 15.1. The molecule has 0 aliphatic carbocycles. The van der Waals surface area contributed by atoms with Crippen LogP contribution in [0.25, 0.3) is 6.08 Å². The lowest BCUT2D eigenvalue weighted by Crippen LogP contribution is -2.19. The molecule has 102 valence electrons. The van der Waals surface area contributed by atoms with Crippen molar-refractivity contribution >= 4 is 12.0 Å². The van der Waals surface area contributed by atoms with E-state index in [0.717, 1.165) is 0 Å². The highest BCUT2D eigenvalue weighted by Gasteiger charge is 2.09. The SMILES string of the molecule is CNC(=O)/C(C#N)=C/c1ccc(OCC#N)c(OC)c1. The summed E-state index contributed by atoms with van der Waals surface area (Å²) in [5.41, 5.74) is 0.603. The van der Waals surface area contributed by atoms with E-state index in [1.165, 1.54) is 20.2 Å². The van der Waals surface area contributed by atoms with Crippen LogP contribution in [-0.4, -0.2) is 26.7 Å². The minimum absolute atomic E-state index is 0.0137.